The average molecular weight is 316 g/mol. The van der Waals surface area contributed by atoms with E-state index in [-0.39, 0.29) is 5.91 Å². The molecule has 0 saturated carbocycles. The Labute approximate surface area is 125 Å². The topological polar surface area (TPSA) is 55.1 Å². The number of hydrogen-bond acceptors (Lipinski definition) is 2. The molecule has 2 aromatic rings. The maximum absolute atomic E-state index is 12.0. The summed E-state index contributed by atoms with van der Waals surface area (Å²) in [5.74, 6) is -0.340. The van der Waals surface area contributed by atoms with E-state index in [1.165, 1.54) is 6.07 Å². The van der Waals surface area contributed by atoms with Crippen LogP contribution in [-0.4, -0.2) is 5.91 Å². The Morgan fingerprint density at radius 3 is 2.42 bits per heavy atom. The third kappa shape index (κ3) is 3.32. The third-order valence-electron chi connectivity index (χ3n) is 2.45. The summed E-state index contributed by atoms with van der Waals surface area (Å²) in [5, 5.41) is 3.85. The molecule has 2 rings (SSSR count). The van der Waals surface area contributed by atoms with E-state index in [1.807, 2.05) is 0 Å². The summed E-state index contributed by atoms with van der Waals surface area (Å²) < 4.78 is 0. The van der Waals surface area contributed by atoms with E-state index in [4.69, 9.17) is 40.5 Å². The highest BCUT2D eigenvalue weighted by Gasteiger charge is 2.10. The van der Waals surface area contributed by atoms with Gasteiger partial charge < -0.3 is 11.1 Å². The highest BCUT2D eigenvalue weighted by molar-refractivity contribution is 6.42. The standard InChI is InChI=1S/C13H9Cl3N2O/c14-8-2-4-11(17)12(6-8)18-13(19)7-1-3-9(15)10(16)5-7/h1-6H,17H2,(H,18,19). The minimum Gasteiger partial charge on any atom is -0.397 e. The first-order valence-electron chi connectivity index (χ1n) is 5.29. The van der Waals surface area contributed by atoms with Gasteiger partial charge in [0.1, 0.15) is 0 Å². The van der Waals surface area contributed by atoms with Crippen LogP contribution in [0.5, 0.6) is 0 Å². The predicted molar refractivity (Wildman–Crippen MR) is 80.3 cm³/mol. The van der Waals surface area contributed by atoms with Gasteiger partial charge in [-0.3, -0.25) is 4.79 Å². The summed E-state index contributed by atoms with van der Waals surface area (Å²) in [5.41, 5.74) is 7.01. The molecular weight excluding hydrogens is 307 g/mol. The summed E-state index contributed by atoms with van der Waals surface area (Å²) in [6, 6.07) is 9.45. The summed E-state index contributed by atoms with van der Waals surface area (Å²) in [6.45, 7) is 0. The van der Waals surface area contributed by atoms with Crippen molar-refractivity contribution in [2.75, 3.05) is 11.1 Å². The molecule has 0 heterocycles. The van der Waals surface area contributed by atoms with Gasteiger partial charge in [0.15, 0.2) is 0 Å². The van der Waals surface area contributed by atoms with Crippen LogP contribution in [-0.2, 0) is 0 Å². The van der Waals surface area contributed by atoms with E-state index in [9.17, 15) is 4.79 Å². The SMILES string of the molecule is Nc1ccc(Cl)cc1NC(=O)c1ccc(Cl)c(Cl)c1. The highest BCUT2D eigenvalue weighted by atomic mass is 35.5. The second-order valence-corrected chi connectivity index (χ2v) is 5.07. The van der Waals surface area contributed by atoms with Gasteiger partial charge in [0.05, 0.1) is 21.4 Å². The van der Waals surface area contributed by atoms with Gasteiger partial charge in [0.2, 0.25) is 0 Å². The molecule has 0 radical (unpaired) electrons. The molecule has 0 aromatic heterocycles. The van der Waals surface area contributed by atoms with E-state index in [0.29, 0.717) is 32.0 Å². The number of carbonyl (C=O) groups is 1. The predicted octanol–water partition coefficient (Wildman–Crippen LogP) is 4.48. The third-order valence-corrected chi connectivity index (χ3v) is 3.42. The number of halogens is 3. The number of amides is 1. The van der Waals surface area contributed by atoms with Crippen LogP contribution in [0.2, 0.25) is 15.1 Å². The van der Waals surface area contributed by atoms with Gasteiger partial charge >= 0.3 is 0 Å². The molecule has 0 unspecified atom stereocenters. The Balaban J connectivity index is 2.25. The van der Waals surface area contributed by atoms with E-state index < -0.39 is 0 Å². The normalized spacial score (nSPS) is 10.3. The zero-order valence-corrected chi connectivity index (χ0v) is 11.9. The number of nitrogens with one attached hydrogen (secondary N) is 1. The molecule has 0 saturated heterocycles. The molecule has 0 aliphatic heterocycles. The molecule has 19 heavy (non-hydrogen) atoms. The van der Waals surface area contributed by atoms with Crippen LogP contribution in [0.1, 0.15) is 10.4 Å². The van der Waals surface area contributed by atoms with Gasteiger partial charge in [-0.1, -0.05) is 34.8 Å². The molecule has 0 fully saturated rings. The molecular formula is C13H9Cl3N2O. The Hall–Kier alpha value is -1.42. The fraction of sp³-hybridized carbons (Fsp3) is 0. The lowest BCUT2D eigenvalue weighted by atomic mass is 10.2. The Bertz CT molecular complexity index is 644. The Morgan fingerprint density at radius 1 is 1.00 bits per heavy atom. The van der Waals surface area contributed by atoms with Crippen molar-refractivity contribution in [3.05, 3.63) is 57.0 Å². The van der Waals surface area contributed by atoms with Gasteiger partial charge in [-0.2, -0.15) is 0 Å². The fourth-order valence-corrected chi connectivity index (χ4v) is 1.94. The maximum Gasteiger partial charge on any atom is 0.255 e. The van der Waals surface area contributed by atoms with Crippen LogP contribution in [0.4, 0.5) is 11.4 Å². The molecule has 6 heteroatoms. The van der Waals surface area contributed by atoms with Crippen LogP contribution in [0.15, 0.2) is 36.4 Å². The first kappa shape index (κ1) is 14.0. The molecule has 2 aromatic carbocycles. The van der Waals surface area contributed by atoms with Crippen molar-refractivity contribution in [1.82, 2.24) is 0 Å². The van der Waals surface area contributed by atoms with Crippen molar-refractivity contribution < 1.29 is 4.79 Å². The van der Waals surface area contributed by atoms with Gasteiger partial charge in [0, 0.05) is 10.6 Å². The van der Waals surface area contributed by atoms with Crippen molar-refractivity contribution in [3.63, 3.8) is 0 Å². The molecule has 0 spiro atoms. The number of hydrogen-bond donors (Lipinski definition) is 2. The van der Waals surface area contributed by atoms with Crippen molar-refractivity contribution in [3.8, 4) is 0 Å². The van der Waals surface area contributed by atoms with Gasteiger partial charge in [-0.15, -0.1) is 0 Å². The summed E-state index contributed by atoms with van der Waals surface area (Å²) in [6.07, 6.45) is 0. The molecule has 0 atom stereocenters. The summed E-state index contributed by atoms with van der Waals surface area (Å²) >= 11 is 17.5. The number of rotatable bonds is 2. The second kappa shape index (κ2) is 5.70. The second-order valence-electron chi connectivity index (χ2n) is 3.81. The van der Waals surface area contributed by atoms with Crippen molar-refractivity contribution in [2.24, 2.45) is 0 Å². The highest BCUT2D eigenvalue weighted by Crippen LogP contribution is 2.25. The smallest absolute Gasteiger partial charge is 0.255 e. The van der Waals surface area contributed by atoms with E-state index in [2.05, 4.69) is 5.32 Å². The largest absolute Gasteiger partial charge is 0.397 e. The molecule has 0 bridgehead atoms. The molecule has 0 aliphatic carbocycles. The van der Waals surface area contributed by atoms with Crippen molar-refractivity contribution in [2.45, 2.75) is 0 Å². The lowest BCUT2D eigenvalue weighted by Gasteiger charge is -2.09. The molecule has 0 aliphatic rings. The number of nitrogen functional groups attached to an aromatic ring is 1. The van der Waals surface area contributed by atoms with Crippen LogP contribution in [0, 0.1) is 0 Å². The lowest BCUT2D eigenvalue weighted by molar-refractivity contribution is 0.102. The number of anilines is 2. The first-order valence-corrected chi connectivity index (χ1v) is 6.42. The minimum atomic E-state index is -0.340. The summed E-state index contributed by atoms with van der Waals surface area (Å²) in [4.78, 5) is 12.0. The number of nitrogens with two attached hydrogens (primary N) is 1. The fourth-order valence-electron chi connectivity index (χ4n) is 1.47. The van der Waals surface area contributed by atoms with Crippen LogP contribution < -0.4 is 11.1 Å². The Morgan fingerprint density at radius 2 is 1.74 bits per heavy atom. The van der Waals surface area contributed by atoms with Crippen molar-refractivity contribution >= 4 is 52.1 Å². The van der Waals surface area contributed by atoms with Crippen LogP contribution in [0.3, 0.4) is 0 Å². The lowest BCUT2D eigenvalue weighted by Crippen LogP contribution is -2.13. The monoisotopic (exact) mass is 314 g/mol. The Kier molecular flexibility index (Phi) is 4.20. The number of benzene rings is 2. The van der Waals surface area contributed by atoms with E-state index in [1.54, 1.807) is 30.3 Å². The molecule has 98 valence electrons. The van der Waals surface area contributed by atoms with Gasteiger partial charge in [-0.25, -0.2) is 0 Å². The average Bonchev–Trinajstić information content (AvgIpc) is 2.37. The zero-order chi connectivity index (χ0) is 14.0. The minimum absolute atomic E-state index is 0.313. The molecule has 3 N–H and O–H groups in total. The van der Waals surface area contributed by atoms with Crippen molar-refractivity contribution in [1.29, 1.82) is 0 Å². The molecule has 3 nitrogen and oxygen atoms in total. The first-order chi connectivity index (χ1) is 8.97. The quantitative estimate of drug-likeness (QED) is 0.803. The zero-order valence-electron chi connectivity index (χ0n) is 9.58. The van der Waals surface area contributed by atoms with Gasteiger partial charge in [0.25, 0.3) is 5.91 Å². The van der Waals surface area contributed by atoms with Gasteiger partial charge in [-0.05, 0) is 36.4 Å². The van der Waals surface area contributed by atoms with E-state index >= 15 is 0 Å². The van der Waals surface area contributed by atoms with Crippen LogP contribution in [0.25, 0.3) is 0 Å². The molecule has 1 amide bonds. The van der Waals surface area contributed by atoms with Crippen LogP contribution >= 0.6 is 34.8 Å². The maximum atomic E-state index is 12.0. The number of carbonyl (C=O) groups excluding carboxylic acids is 1. The summed E-state index contributed by atoms with van der Waals surface area (Å²) in [7, 11) is 0. The van der Waals surface area contributed by atoms with E-state index in [0.717, 1.165) is 0 Å².